The van der Waals surface area contributed by atoms with E-state index in [9.17, 15) is 9.18 Å². The number of halogens is 2. The largest absolute Gasteiger partial charge is 0.366 e. The van der Waals surface area contributed by atoms with Crippen molar-refractivity contribution in [2.75, 3.05) is 26.7 Å². The minimum atomic E-state index is -0.429. The second-order valence-corrected chi connectivity index (χ2v) is 4.74. The van der Waals surface area contributed by atoms with E-state index in [0.29, 0.717) is 13.2 Å². The van der Waals surface area contributed by atoms with E-state index in [1.807, 2.05) is 6.92 Å². The molecule has 1 aliphatic heterocycles. The van der Waals surface area contributed by atoms with Crippen LogP contribution in [0.2, 0.25) is 0 Å². The molecule has 1 heterocycles. The Kier molecular flexibility index (Phi) is 6.39. The molecule has 0 bridgehead atoms. The van der Waals surface area contributed by atoms with Crippen molar-refractivity contribution >= 4 is 18.3 Å². The minimum Gasteiger partial charge on any atom is -0.366 e. The third-order valence-electron chi connectivity index (χ3n) is 3.48. The number of nitrogens with one attached hydrogen (secondary N) is 1. The summed E-state index contributed by atoms with van der Waals surface area (Å²) in [5.41, 5.74) is 0.904. The van der Waals surface area contributed by atoms with Gasteiger partial charge in [-0.3, -0.25) is 4.79 Å². The Labute approximate surface area is 124 Å². The molecule has 1 fully saturated rings. The molecule has 2 unspecified atom stereocenters. The molecule has 0 aromatic heterocycles. The summed E-state index contributed by atoms with van der Waals surface area (Å²) in [5, 5.41) is 3.13. The fourth-order valence-electron chi connectivity index (χ4n) is 2.11. The van der Waals surface area contributed by atoms with Gasteiger partial charge < -0.3 is 15.0 Å². The van der Waals surface area contributed by atoms with Gasteiger partial charge in [-0.05, 0) is 24.6 Å². The van der Waals surface area contributed by atoms with Gasteiger partial charge in [0.2, 0.25) is 0 Å². The molecule has 1 N–H and O–H groups in total. The van der Waals surface area contributed by atoms with Gasteiger partial charge in [0.25, 0.3) is 5.91 Å². The van der Waals surface area contributed by atoms with Gasteiger partial charge in [0.15, 0.2) is 0 Å². The first-order valence-corrected chi connectivity index (χ1v) is 6.44. The number of rotatable bonds is 3. The lowest BCUT2D eigenvalue weighted by Gasteiger charge is -2.31. The molecular weight excluding hydrogens is 283 g/mol. The average molecular weight is 303 g/mol. The van der Waals surface area contributed by atoms with Crippen LogP contribution >= 0.6 is 12.4 Å². The van der Waals surface area contributed by atoms with Crippen LogP contribution in [0.3, 0.4) is 0 Å². The third-order valence-corrected chi connectivity index (χ3v) is 3.48. The smallest absolute Gasteiger partial charge is 0.253 e. The Bertz CT molecular complexity index is 435. The van der Waals surface area contributed by atoms with Crippen LogP contribution in [0.15, 0.2) is 24.3 Å². The highest BCUT2D eigenvalue weighted by molar-refractivity contribution is 5.85. The zero-order valence-corrected chi connectivity index (χ0v) is 12.5. The zero-order chi connectivity index (χ0) is 13.8. The average Bonchev–Trinajstić information content (AvgIpc) is 2.46. The number of likely N-dealkylation sites (N-methyl/N-ethyl adjacent to an activating group) is 1. The Morgan fingerprint density at radius 3 is 2.65 bits per heavy atom. The van der Waals surface area contributed by atoms with Crippen LogP contribution in [0.4, 0.5) is 4.39 Å². The summed E-state index contributed by atoms with van der Waals surface area (Å²) in [5.74, 6) is -0.325. The quantitative estimate of drug-likeness (QED) is 0.925. The van der Waals surface area contributed by atoms with Crippen LogP contribution in [-0.4, -0.2) is 43.7 Å². The predicted molar refractivity (Wildman–Crippen MR) is 77.4 cm³/mol. The first-order chi connectivity index (χ1) is 9.09. The molecule has 0 saturated carbocycles. The fraction of sp³-hybridized carbons (Fsp3) is 0.500. The van der Waals surface area contributed by atoms with Crippen LogP contribution in [0.25, 0.3) is 0 Å². The van der Waals surface area contributed by atoms with Crippen molar-refractivity contribution in [3.05, 3.63) is 35.6 Å². The van der Waals surface area contributed by atoms with Gasteiger partial charge in [-0.2, -0.15) is 0 Å². The van der Waals surface area contributed by atoms with Gasteiger partial charge >= 0.3 is 0 Å². The highest BCUT2D eigenvalue weighted by Gasteiger charge is 2.27. The molecule has 0 radical (unpaired) electrons. The number of morpholine rings is 1. The molecule has 1 aromatic rings. The van der Waals surface area contributed by atoms with Gasteiger partial charge in [-0.15, -0.1) is 12.4 Å². The number of amides is 1. The zero-order valence-electron chi connectivity index (χ0n) is 11.6. The van der Waals surface area contributed by atoms with E-state index in [0.717, 1.165) is 12.1 Å². The topological polar surface area (TPSA) is 41.6 Å². The number of carbonyl (C=O) groups is 1. The molecule has 6 heteroatoms. The molecule has 1 amide bonds. The molecule has 0 aliphatic carbocycles. The Morgan fingerprint density at radius 1 is 1.45 bits per heavy atom. The van der Waals surface area contributed by atoms with E-state index in [2.05, 4.69) is 5.32 Å². The first-order valence-electron chi connectivity index (χ1n) is 6.44. The second kappa shape index (κ2) is 7.57. The van der Waals surface area contributed by atoms with Crippen molar-refractivity contribution in [1.29, 1.82) is 0 Å². The van der Waals surface area contributed by atoms with Crippen molar-refractivity contribution in [3.8, 4) is 0 Å². The molecule has 4 nitrogen and oxygen atoms in total. The lowest BCUT2D eigenvalue weighted by molar-refractivity contribution is -0.145. The Balaban J connectivity index is 0.00000200. The number of carbonyl (C=O) groups excluding carboxylic acids is 1. The molecule has 1 aliphatic rings. The lowest BCUT2D eigenvalue weighted by atomic mass is 10.1. The summed E-state index contributed by atoms with van der Waals surface area (Å²) >= 11 is 0. The maximum Gasteiger partial charge on any atom is 0.253 e. The summed E-state index contributed by atoms with van der Waals surface area (Å²) in [6.45, 7) is 3.79. The summed E-state index contributed by atoms with van der Waals surface area (Å²) < 4.78 is 18.3. The number of nitrogens with zero attached hydrogens (tertiary/aromatic N) is 1. The Hall–Kier alpha value is -1.17. The van der Waals surface area contributed by atoms with Gasteiger partial charge in [-0.25, -0.2) is 4.39 Å². The van der Waals surface area contributed by atoms with Crippen LogP contribution in [0, 0.1) is 5.82 Å². The molecular formula is C14H20ClFN2O2. The summed E-state index contributed by atoms with van der Waals surface area (Å²) in [6.07, 6.45) is -0.429. The molecule has 112 valence electrons. The standard InChI is InChI=1S/C14H19FN2O2.ClH/c1-10(11-3-5-12(15)6-4-11)17(2)14(18)13-9-16-7-8-19-13;/h3-6,10,13,16H,7-9H2,1-2H3;1H. The maximum atomic E-state index is 12.9. The third kappa shape index (κ3) is 3.91. The summed E-state index contributed by atoms with van der Waals surface area (Å²) in [7, 11) is 1.74. The van der Waals surface area contributed by atoms with Crippen LogP contribution in [0.1, 0.15) is 18.5 Å². The lowest BCUT2D eigenvalue weighted by Crippen LogP contribution is -2.48. The SMILES string of the molecule is CC(c1ccc(F)cc1)N(C)C(=O)C1CNCCO1.Cl. The first kappa shape index (κ1) is 16.9. The number of benzene rings is 1. The van der Waals surface area contributed by atoms with Crippen LogP contribution in [0.5, 0.6) is 0 Å². The molecule has 0 spiro atoms. The molecule has 20 heavy (non-hydrogen) atoms. The van der Waals surface area contributed by atoms with Crippen molar-refractivity contribution in [2.45, 2.75) is 19.1 Å². The van der Waals surface area contributed by atoms with Crippen LogP contribution < -0.4 is 5.32 Å². The fourth-order valence-corrected chi connectivity index (χ4v) is 2.11. The van der Waals surface area contributed by atoms with Gasteiger partial charge in [0.1, 0.15) is 11.9 Å². The highest BCUT2D eigenvalue weighted by Crippen LogP contribution is 2.20. The van der Waals surface area contributed by atoms with Crippen molar-refractivity contribution in [1.82, 2.24) is 10.2 Å². The van der Waals surface area contributed by atoms with E-state index >= 15 is 0 Å². The van der Waals surface area contributed by atoms with E-state index in [1.165, 1.54) is 12.1 Å². The molecule has 1 aromatic carbocycles. The molecule has 2 atom stereocenters. The minimum absolute atomic E-state index is 0. The van der Waals surface area contributed by atoms with Crippen molar-refractivity contribution < 1.29 is 13.9 Å². The van der Waals surface area contributed by atoms with Crippen molar-refractivity contribution in [2.24, 2.45) is 0 Å². The molecule has 1 saturated heterocycles. The van der Waals surface area contributed by atoms with Crippen LogP contribution in [-0.2, 0) is 9.53 Å². The van der Waals surface area contributed by atoms with E-state index in [1.54, 1.807) is 24.1 Å². The van der Waals surface area contributed by atoms with E-state index in [4.69, 9.17) is 4.74 Å². The highest BCUT2D eigenvalue weighted by atomic mass is 35.5. The predicted octanol–water partition coefficient (Wildman–Crippen LogP) is 1.76. The van der Waals surface area contributed by atoms with Gasteiger partial charge in [-0.1, -0.05) is 12.1 Å². The van der Waals surface area contributed by atoms with Gasteiger partial charge in [0.05, 0.1) is 12.6 Å². The number of hydrogen-bond donors (Lipinski definition) is 1. The Morgan fingerprint density at radius 2 is 2.10 bits per heavy atom. The summed E-state index contributed by atoms with van der Waals surface area (Å²) in [6, 6.07) is 6.10. The van der Waals surface area contributed by atoms with E-state index < -0.39 is 6.10 Å². The number of ether oxygens (including phenoxy) is 1. The number of hydrogen-bond acceptors (Lipinski definition) is 3. The monoisotopic (exact) mass is 302 g/mol. The van der Waals surface area contributed by atoms with Crippen molar-refractivity contribution in [3.63, 3.8) is 0 Å². The second-order valence-electron chi connectivity index (χ2n) is 4.74. The normalized spacial score (nSPS) is 19.9. The van der Waals surface area contributed by atoms with E-state index in [-0.39, 0.29) is 30.2 Å². The molecule has 2 rings (SSSR count). The summed E-state index contributed by atoms with van der Waals surface area (Å²) in [4.78, 5) is 13.9. The van der Waals surface area contributed by atoms with Gasteiger partial charge in [0, 0.05) is 20.1 Å². The maximum absolute atomic E-state index is 12.9.